The van der Waals surface area contributed by atoms with Gasteiger partial charge in [-0.25, -0.2) is 4.98 Å². The largest absolute Gasteiger partial charge is 0.360 e. The van der Waals surface area contributed by atoms with Gasteiger partial charge in [0, 0.05) is 33.7 Å². The van der Waals surface area contributed by atoms with E-state index >= 15 is 0 Å². The molecule has 0 unspecified atom stereocenters. The third-order valence-corrected chi connectivity index (χ3v) is 5.59. The first-order valence-corrected chi connectivity index (χ1v) is 9.93. The van der Waals surface area contributed by atoms with Crippen molar-refractivity contribution in [2.45, 2.75) is 26.7 Å². The Bertz CT molecular complexity index is 1110. The first-order valence-electron chi connectivity index (χ1n) is 9.05. The molecule has 0 saturated heterocycles. The number of anilines is 1. The fourth-order valence-electron chi connectivity index (χ4n) is 3.28. The normalized spacial score (nSPS) is 11.0. The lowest BCUT2D eigenvalue weighted by molar-refractivity contribution is -0.115. The zero-order valence-corrected chi connectivity index (χ0v) is 16.2. The quantitative estimate of drug-likeness (QED) is 0.494. The molecule has 0 radical (unpaired) electrons. The SMILES string of the molecule is CCc1cccc2c(-c3csc(CC(=O)Nc4ccccc4C)n3)c[nH]c12. The lowest BCUT2D eigenvalue weighted by Gasteiger charge is -2.06. The fourth-order valence-corrected chi connectivity index (χ4v) is 4.08. The molecule has 4 rings (SSSR count). The van der Waals surface area contributed by atoms with E-state index in [1.165, 1.54) is 27.8 Å². The van der Waals surface area contributed by atoms with Crippen molar-refractivity contribution in [2.24, 2.45) is 0 Å². The Morgan fingerprint density at radius 3 is 2.85 bits per heavy atom. The van der Waals surface area contributed by atoms with Gasteiger partial charge in [0.2, 0.25) is 5.91 Å². The van der Waals surface area contributed by atoms with Gasteiger partial charge in [-0.05, 0) is 30.5 Å². The van der Waals surface area contributed by atoms with Crippen LogP contribution < -0.4 is 5.32 Å². The average Bonchev–Trinajstić information content (AvgIpc) is 3.30. The number of para-hydroxylation sites is 2. The van der Waals surface area contributed by atoms with Crippen molar-refractivity contribution < 1.29 is 4.79 Å². The number of aromatic amines is 1. The van der Waals surface area contributed by atoms with Gasteiger partial charge >= 0.3 is 0 Å². The number of fused-ring (bicyclic) bond motifs is 1. The van der Waals surface area contributed by atoms with Crippen LogP contribution >= 0.6 is 11.3 Å². The predicted octanol–water partition coefficient (Wildman–Crippen LogP) is 5.34. The van der Waals surface area contributed by atoms with Crippen molar-refractivity contribution in [1.82, 2.24) is 9.97 Å². The smallest absolute Gasteiger partial charge is 0.231 e. The third-order valence-electron chi connectivity index (χ3n) is 4.74. The number of H-pyrrole nitrogens is 1. The Morgan fingerprint density at radius 2 is 2.04 bits per heavy atom. The molecule has 27 heavy (non-hydrogen) atoms. The van der Waals surface area contributed by atoms with E-state index in [1.54, 1.807) is 0 Å². The van der Waals surface area contributed by atoms with Crippen LogP contribution in [0.3, 0.4) is 0 Å². The summed E-state index contributed by atoms with van der Waals surface area (Å²) in [7, 11) is 0. The van der Waals surface area contributed by atoms with Gasteiger partial charge in [-0.1, -0.05) is 43.3 Å². The number of rotatable bonds is 5. The first kappa shape index (κ1) is 17.5. The van der Waals surface area contributed by atoms with E-state index in [0.717, 1.165) is 33.9 Å². The van der Waals surface area contributed by atoms with Crippen LogP contribution in [-0.2, 0) is 17.6 Å². The molecule has 4 nitrogen and oxygen atoms in total. The fraction of sp³-hybridized carbons (Fsp3) is 0.182. The molecule has 2 aromatic heterocycles. The maximum atomic E-state index is 12.4. The summed E-state index contributed by atoms with van der Waals surface area (Å²) in [4.78, 5) is 20.5. The van der Waals surface area contributed by atoms with Crippen molar-refractivity contribution >= 4 is 33.8 Å². The molecule has 0 spiro atoms. The Kier molecular flexibility index (Phi) is 4.77. The number of carbonyl (C=O) groups is 1. The minimum absolute atomic E-state index is 0.0441. The summed E-state index contributed by atoms with van der Waals surface area (Å²) in [5.41, 5.74) is 6.37. The van der Waals surface area contributed by atoms with Gasteiger partial charge in [-0.3, -0.25) is 4.79 Å². The summed E-state index contributed by atoms with van der Waals surface area (Å²) in [5, 5.41) is 6.99. The van der Waals surface area contributed by atoms with Crippen LogP contribution in [0.15, 0.2) is 54.0 Å². The van der Waals surface area contributed by atoms with Crippen molar-refractivity contribution in [2.75, 3.05) is 5.32 Å². The van der Waals surface area contributed by atoms with Gasteiger partial charge in [0.15, 0.2) is 0 Å². The molecule has 0 aliphatic rings. The van der Waals surface area contributed by atoms with Gasteiger partial charge in [0.1, 0.15) is 5.01 Å². The lowest BCUT2D eigenvalue weighted by Crippen LogP contribution is -2.14. The summed E-state index contributed by atoms with van der Waals surface area (Å²) in [6, 6.07) is 14.1. The van der Waals surface area contributed by atoms with Gasteiger partial charge in [-0.2, -0.15) is 0 Å². The van der Waals surface area contributed by atoms with E-state index in [-0.39, 0.29) is 12.3 Å². The molecular formula is C22H21N3OS. The summed E-state index contributed by atoms with van der Waals surface area (Å²) in [5.74, 6) is -0.0441. The van der Waals surface area contributed by atoms with E-state index in [4.69, 9.17) is 4.98 Å². The second-order valence-corrected chi connectivity index (χ2v) is 7.50. The summed E-state index contributed by atoms with van der Waals surface area (Å²) >= 11 is 1.52. The molecule has 0 aliphatic carbocycles. The monoisotopic (exact) mass is 375 g/mol. The van der Waals surface area contributed by atoms with Crippen LogP contribution in [0.1, 0.15) is 23.1 Å². The highest BCUT2D eigenvalue weighted by Gasteiger charge is 2.14. The minimum Gasteiger partial charge on any atom is -0.360 e. The van der Waals surface area contributed by atoms with Crippen LogP contribution in [0.4, 0.5) is 5.69 Å². The molecule has 0 bridgehead atoms. The van der Waals surface area contributed by atoms with E-state index < -0.39 is 0 Å². The molecule has 0 aliphatic heterocycles. The Morgan fingerprint density at radius 1 is 1.19 bits per heavy atom. The number of hydrogen-bond acceptors (Lipinski definition) is 3. The van der Waals surface area contributed by atoms with Gasteiger partial charge in [-0.15, -0.1) is 11.3 Å². The zero-order valence-electron chi connectivity index (χ0n) is 15.4. The molecule has 2 heterocycles. The predicted molar refractivity (Wildman–Crippen MR) is 112 cm³/mol. The van der Waals surface area contributed by atoms with Crippen molar-refractivity contribution in [3.05, 3.63) is 70.2 Å². The van der Waals surface area contributed by atoms with Crippen molar-refractivity contribution in [1.29, 1.82) is 0 Å². The van der Waals surface area contributed by atoms with Gasteiger partial charge in [0.25, 0.3) is 0 Å². The molecule has 2 N–H and O–H groups in total. The number of hydrogen-bond donors (Lipinski definition) is 2. The summed E-state index contributed by atoms with van der Waals surface area (Å²) in [6.07, 6.45) is 3.27. The van der Waals surface area contributed by atoms with E-state index in [2.05, 4.69) is 35.4 Å². The van der Waals surface area contributed by atoms with Crippen LogP contribution in [0.2, 0.25) is 0 Å². The molecular weight excluding hydrogens is 354 g/mol. The average molecular weight is 375 g/mol. The standard InChI is InChI=1S/C22H21N3OS/c1-3-15-8-6-9-16-17(12-23-22(15)16)19-13-27-21(25-19)11-20(26)24-18-10-5-4-7-14(18)2/h4-10,12-13,23H,3,11H2,1-2H3,(H,24,26). The van der Waals surface area contributed by atoms with Crippen molar-refractivity contribution in [3.63, 3.8) is 0 Å². The van der Waals surface area contributed by atoms with E-state index in [1.807, 2.05) is 42.8 Å². The highest BCUT2D eigenvalue weighted by molar-refractivity contribution is 7.10. The number of amides is 1. The van der Waals surface area contributed by atoms with E-state index in [0.29, 0.717) is 0 Å². The van der Waals surface area contributed by atoms with Gasteiger partial charge < -0.3 is 10.3 Å². The molecule has 136 valence electrons. The highest BCUT2D eigenvalue weighted by atomic mass is 32.1. The third kappa shape index (κ3) is 3.51. The number of nitrogens with one attached hydrogen (secondary N) is 2. The van der Waals surface area contributed by atoms with Crippen LogP contribution in [0.5, 0.6) is 0 Å². The Labute approximate surface area is 162 Å². The molecule has 2 aromatic carbocycles. The number of thiazole rings is 1. The molecule has 0 atom stereocenters. The number of carbonyl (C=O) groups excluding carboxylic acids is 1. The second-order valence-electron chi connectivity index (χ2n) is 6.56. The highest BCUT2D eigenvalue weighted by Crippen LogP contribution is 2.31. The molecule has 1 amide bonds. The molecule has 5 heteroatoms. The lowest BCUT2D eigenvalue weighted by atomic mass is 10.1. The first-order chi connectivity index (χ1) is 13.2. The number of aromatic nitrogens is 2. The molecule has 4 aromatic rings. The topological polar surface area (TPSA) is 57.8 Å². The molecule has 0 fully saturated rings. The molecule has 0 saturated carbocycles. The van der Waals surface area contributed by atoms with E-state index in [9.17, 15) is 4.79 Å². The maximum absolute atomic E-state index is 12.4. The van der Waals surface area contributed by atoms with Crippen molar-refractivity contribution in [3.8, 4) is 11.3 Å². The number of aryl methyl sites for hydroxylation is 2. The van der Waals surface area contributed by atoms with Crippen LogP contribution in [-0.4, -0.2) is 15.9 Å². The second kappa shape index (κ2) is 7.37. The zero-order chi connectivity index (χ0) is 18.8. The number of nitrogens with zero attached hydrogens (tertiary/aromatic N) is 1. The minimum atomic E-state index is -0.0441. The number of benzene rings is 2. The summed E-state index contributed by atoms with van der Waals surface area (Å²) in [6.45, 7) is 4.14. The Balaban J connectivity index is 1.54. The van der Waals surface area contributed by atoms with Crippen LogP contribution in [0.25, 0.3) is 22.2 Å². The summed E-state index contributed by atoms with van der Waals surface area (Å²) < 4.78 is 0. The van der Waals surface area contributed by atoms with Gasteiger partial charge in [0.05, 0.1) is 12.1 Å². The van der Waals surface area contributed by atoms with Crippen LogP contribution in [0, 0.1) is 6.92 Å². The maximum Gasteiger partial charge on any atom is 0.231 e. The Hall–Kier alpha value is -2.92.